The van der Waals surface area contributed by atoms with E-state index in [1.54, 1.807) is 0 Å². The summed E-state index contributed by atoms with van der Waals surface area (Å²) >= 11 is 0. The van der Waals surface area contributed by atoms with Crippen LogP contribution in [0, 0.1) is 47.3 Å². The third-order valence-electron chi connectivity index (χ3n) is 6.74. The predicted octanol–water partition coefficient (Wildman–Crippen LogP) is 5.87. The molecule has 19 heavy (non-hydrogen) atoms. The van der Waals surface area contributed by atoms with Crippen LogP contribution in [0.5, 0.6) is 0 Å². The minimum atomic E-state index is 0. The number of hydrogen-bond acceptors (Lipinski definition) is 0. The quantitative estimate of drug-likeness (QED) is 0.525. The fraction of sp³-hybridized carbons (Fsp3) is 1.00. The van der Waals surface area contributed by atoms with Crippen LogP contribution in [0.25, 0.3) is 0 Å². The Kier molecular flexibility index (Phi) is 8.32. The average molecular weight is 304 g/mol. The van der Waals surface area contributed by atoms with Crippen LogP contribution in [0.15, 0.2) is 0 Å². The van der Waals surface area contributed by atoms with Crippen molar-refractivity contribution >= 4 is 0 Å². The smallest absolute Gasteiger partial charge is 0 e. The van der Waals surface area contributed by atoms with E-state index in [1.165, 1.54) is 12.8 Å². The van der Waals surface area contributed by atoms with Gasteiger partial charge in [0.1, 0.15) is 0 Å². The molecule has 0 radical (unpaired) electrons. The van der Waals surface area contributed by atoms with E-state index >= 15 is 0 Å². The van der Waals surface area contributed by atoms with E-state index in [4.69, 9.17) is 0 Å². The largest absolute Gasteiger partial charge is 0.0622 e. The third kappa shape index (κ3) is 4.79. The van der Waals surface area contributed by atoms with Gasteiger partial charge in [0.15, 0.2) is 0 Å². The molecule has 8 atom stereocenters. The first kappa shape index (κ1) is 19.5. The molecule has 2 fully saturated rings. The summed E-state index contributed by atoms with van der Waals surface area (Å²) in [6, 6.07) is 0. The molecule has 1 heteroatoms. The number of hydrogen-bond donors (Lipinski definition) is 0. The molecule has 8 unspecified atom stereocenters. The summed E-state index contributed by atoms with van der Waals surface area (Å²) in [7, 11) is 0. The SMILES string of the molecule is CC1CC(C)C(C)C1C.CC1CC(C)C(C)C1C.[Cr]. The van der Waals surface area contributed by atoms with Crippen molar-refractivity contribution in [3.8, 4) is 0 Å². The molecule has 2 aliphatic carbocycles. The van der Waals surface area contributed by atoms with E-state index in [0.717, 1.165) is 47.3 Å². The van der Waals surface area contributed by atoms with Gasteiger partial charge in [-0.2, -0.15) is 0 Å². The van der Waals surface area contributed by atoms with Gasteiger partial charge in [0.2, 0.25) is 0 Å². The molecular formula is C18H36Cr. The number of rotatable bonds is 0. The van der Waals surface area contributed by atoms with Crippen LogP contribution < -0.4 is 0 Å². The van der Waals surface area contributed by atoms with E-state index in [2.05, 4.69) is 55.4 Å². The average Bonchev–Trinajstić information content (AvgIpc) is 2.66. The molecule has 0 aromatic carbocycles. The van der Waals surface area contributed by atoms with Crippen molar-refractivity contribution < 1.29 is 17.4 Å². The van der Waals surface area contributed by atoms with E-state index in [0.29, 0.717) is 0 Å². The Balaban J connectivity index is 0.000000324. The zero-order chi connectivity index (χ0) is 14.0. The molecule has 0 bridgehead atoms. The van der Waals surface area contributed by atoms with Crippen LogP contribution in [-0.2, 0) is 17.4 Å². The molecule has 2 saturated carbocycles. The van der Waals surface area contributed by atoms with Gasteiger partial charge >= 0.3 is 0 Å². The van der Waals surface area contributed by atoms with Gasteiger partial charge in [-0.1, -0.05) is 55.4 Å². The summed E-state index contributed by atoms with van der Waals surface area (Å²) in [6.07, 6.45) is 2.89. The maximum absolute atomic E-state index is 2.39. The maximum atomic E-state index is 2.39. The Morgan fingerprint density at radius 2 is 0.579 bits per heavy atom. The topological polar surface area (TPSA) is 0 Å². The van der Waals surface area contributed by atoms with Crippen molar-refractivity contribution in [2.75, 3.05) is 0 Å². The first-order valence-electron chi connectivity index (χ1n) is 8.25. The van der Waals surface area contributed by atoms with Crippen molar-refractivity contribution in [3.63, 3.8) is 0 Å². The minimum Gasteiger partial charge on any atom is -0.0622 e. The van der Waals surface area contributed by atoms with E-state index in [1.807, 2.05) is 0 Å². The van der Waals surface area contributed by atoms with Crippen molar-refractivity contribution in [2.24, 2.45) is 47.3 Å². The van der Waals surface area contributed by atoms with Crippen LogP contribution in [0.1, 0.15) is 68.2 Å². The molecule has 0 spiro atoms. The summed E-state index contributed by atoms with van der Waals surface area (Å²) in [5.74, 6) is 7.70. The van der Waals surface area contributed by atoms with Gasteiger partial charge in [-0.15, -0.1) is 0 Å². The fourth-order valence-electron chi connectivity index (χ4n) is 4.10. The Bertz CT molecular complexity index is 200. The van der Waals surface area contributed by atoms with Gasteiger partial charge in [-0.3, -0.25) is 0 Å². The van der Waals surface area contributed by atoms with Crippen molar-refractivity contribution in [1.82, 2.24) is 0 Å². The molecule has 2 rings (SSSR count). The van der Waals surface area contributed by atoms with Gasteiger partial charge < -0.3 is 0 Å². The fourth-order valence-corrected chi connectivity index (χ4v) is 4.10. The van der Waals surface area contributed by atoms with Crippen molar-refractivity contribution in [2.45, 2.75) is 68.2 Å². The first-order valence-corrected chi connectivity index (χ1v) is 8.25. The zero-order valence-corrected chi connectivity index (χ0v) is 15.7. The zero-order valence-electron chi connectivity index (χ0n) is 14.4. The molecule has 0 aliphatic heterocycles. The summed E-state index contributed by atoms with van der Waals surface area (Å²) in [5, 5.41) is 0. The van der Waals surface area contributed by atoms with Crippen LogP contribution >= 0.6 is 0 Å². The molecule has 0 aromatic heterocycles. The minimum absolute atomic E-state index is 0. The van der Waals surface area contributed by atoms with Gasteiger partial charge in [-0.05, 0) is 60.2 Å². The molecule has 0 N–H and O–H groups in total. The summed E-state index contributed by atoms with van der Waals surface area (Å²) in [6.45, 7) is 19.1. The second kappa shape index (κ2) is 8.09. The molecule has 0 aromatic rings. The van der Waals surface area contributed by atoms with Crippen molar-refractivity contribution in [3.05, 3.63) is 0 Å². The van der Waals surface area contributed by atoms with Gasteiger partial charge in [0, 0.05) is 17.4 Å². The second-order valence-electron chi connectivity index (χ2n) is 7.82. The van der Waals surface area contributed by atoms with E-state index in [-0.39, 0.29) is 17.4 Å². The van der Waals surface area contributed by atoms with E-state index in [9.17, 15) is 0 Å². The molecule has 2 aliphatic rings. The van der Waals surface area contributed by atoms with Gasteiger partial charge in [0.05, 0.1) is 0 Å². The summed E-state index contributed by atoms with van der Waals surface area (Å²) < 4.78 is 0. The Morgan fingerprint density at radius 1 is 0.421 bits per heavy atom. The van der Waals surface area contributed by atoms with Crippen LogP contribution in [0.3, 0.4) is 0 Å². The second-order valence-corrected chi connectivity index (χ2v) is 7.82. The monoisotopic (exact) mass is 304 g/mol. The molecular weight excluding hydrogens is 268 g/mol. The summed E-state index contributed by atoms with van der Waals surface area (Å²) in [4.78, 5) is 0. The molecule has 114 valence electrons. The Hall–Kier alpha value is 0.532. The van der Waals surface area contributed by atoms with Gasteiger partial charge in [-0.25, -0.2) is 0 Å². The van der Waals surface area contributed by atoms with Crippen molar-refractivity contribution in [1.29, 1.82) is 0 Å². The standard InChI is InChI=1S/2C9H18.Cr/c2*1-6-5-7(2)9(4)8(6)3;/h2*6-9H,5H2,1-4H3;. The first-order chi connectivity index (χ1) is 8.25. The predicted molar refractivity (Wildman–Crippen MR) is 82.5 cm³/mol. The third-order valence-corrected chi connectivity index (χ3v) is 6.74. The normalized spacial score (nSPS) is 49.3. The van der Waals surface area contributed by atoms with Gasteiger partial charge in [0.25, 0.3) is 0 Å². The van der Waals surface area contributed by atoms with Crippen LogP contribution in [-0.4, -0.2) is 0 Å². The molecule has 0 nitrogen and oxygen atoms in total. The molecule has 0 heterocycles. The molecule has 0 saturated heterocycles. The molecule has 0 amide bonds. The Morgan fingerprint density at radius 3 is 0.632 bits per heavy atom. The van der Waals surface area contributed by atoms with Crippen LogP contribution in [0.4, 0.5) is 0 Å². The summed E-state index contributed by atoms with van der Waals surface area (Å²) in [5.41, 5.74) is 0. The van der Waals surface area contributed by atoms with E-state index < -0.39 is 0 Å². The maximum Gasteiger partial charge on any atom is 0 e. The Labute approximate surface area is 133 Å². The van der Waals surface area contributed by atoms with Crippen LogP contribution in [0.2, 0.25) is 0 Å².